The molecule has 0 atom stereocenters. The molecule has 120 valence electrons. The smallest absolute Gasteiger partial charge is 0.266 e. The summed E-state index contributed by atoms with van der Waals surface area (Å²) in [6, 6.07) is 16.0. The van der Waals surface area contributed by atoms with Crippen molar-refractivity contribution < 1.29 is 4.79 Å². The van der Waals surface area contributed by atoms with Crippen LogP contribution in [0.2, 0.25) is 10.0 Å². The van der Waals surface area contributed by atoms with Crippen LogP contribution in [0.25, 0.3) is 6.08 Å². The molecule has 6 heteroatoms. The number of halogens is 3. The fourth-order valence-electron chi connectivity index (χ4n) is 1.83. The van der Waals surface area contributed by atoms with Gasteiger partial charge in [-0.25, -0.2) is 0 Å². The van der Waals surface area contributed by atoms with Crippen LogP contribution in [0.5, 0.6) is 0 Å². The molecule has 0 saturated heterocycles. The molecule has 0 radical (unpaired) electrons. The maximum atomic E-state index is 12.2. The summed E-state index contributed by atoms with van der Waals surface area (Å²) in [6.45, 7) is 0. The Morgan fingerprint density at radius 1 is 1.08 bits per heavy atom. The van der Waals surface area contributed by atoms with Crippen LogP contribution in [0.15, 0.2) is 65.2 Å². The van der Waals surface area contributed by atoms with Crippen LogP contribution in [0, 0.1) is 11.3 Å². The number of anilines is 1. The molecule has 1 amide bonds. The van der Waals surface area contributed by atoms with E-state index in [1.54, 1.807) is 24.3 Å². The number of carbonyl (C=O) groups excluding carboxylic acids is 1. The normalized spacial score (nSPS) is 11.8. The lowest BCUT2D eigenvalue weighted by Crippen LogP contribution is -2.14. The highest BCUT2D eigenvalue weighted by Crippen LogP contribution is 2.29. The Bertz CT molecular complexity index is 852. The van der Waals surface area contributed by atoms with Crippen molar-refractivity contribution in [3.8, 4) is 6.07 Å². The molecule has 0 heterocycles. The lowest BCUT2D eigenvalue weighted by molar-refractivity contribution is -0.112. The molecule has 0 unspecified atom stereocenters. The predicted molar refractivity (Wildman–Crippen MR) is 99.1 cm³/mol. The number of hydrogen-bond donors (Lipinski definition) is 1. The molecule has 2 aromatic rings. The van der Waals surface area contributed by atoms with Crippen molar-refractivity contribution in [1.29, 1.82) is 5.26 Å². The minimum atomic E-state index is -0.624. The lowest BCUT2D eigenvalue weighted by atomic mass is 10.2. The van der Waals surface area contributed by atoms with Crippen molar-refractivity contribution in [1.82, 2.24) is 0 Å². The third kappa shape index (κ3) is 4.87. The molecule has 0 spiro atoms. The SMILES string of the molecule is N#C/C(=C\C(Cl)=C\c1ccccc1)C(=O)Nc1cccc(Cl)c1Cl. The van der Waals surface area contributed by atoms with Crippen LogP contribution in [0.4, 0.5) is 5.69 Å². The largest absolute Gasteiger partial charge is 0.320 e. The molecule has 0 bridgehead atoms. The maximum absolute atomic E-state index is 12.2. The average Bonchev–Trinajstić information content (AvgIpc) is 2.57. The molecule has 0 aliphatic rings. The number of rotatable bonds is 4. The van der Waals surface area contributed by atoms with E-state index in [-0.39, 0.29) is 15.6 Å². The second-order valence-electron chi connectivity index (χ2n) is 4.67. The zero-order valence-electron chi connectivity index (χ0n) is 12.3. The monoisotopic (exact) mass is 376 g/mol. The van der Waals surface area contributed by atoms with E-state index in [1.807, 2.05) is 36.4 Å². The van der Waals surface area contributed by atoms with Gasteiger partial charge in [-0.05, 0) is 29.8 Å². The van der Waals surface area contributed by atoms with Gasteiger partial charge in [0.2, 0.25) is 0 Å². The molecular formula is C18H11Cl3N2O. The Labute approximate surface area is 154 Å². The Hall–Kier alpha value is -2.25. The van der Waals surface area contributed by atoms with Crippen LogP contribution in [0.1, 0.15) is 5.56 Å². The van der Waals surface area contributed by atoms with Crippen molar-refractivity contribution in [3.05, 3.63) is 80.8 Å². The highest BCUT2D eigenvalue weighted by atomic mass is 35.5. The quantitative estimate of drug-likeness (QED) is 0.424. The Morgan fingerprint density at radius 3 is 2.46 bits per heavy atom. The lowest BCUT2D eigenvalue weighted by Gasteiger charge is -2.07. The second kappa shape index (κ2) is 8.56. The van der Waals surface area contributed by atoms with Gasteiger partial charge in [-0.1, -0.05) is 71.2 Å². The third-order valence-corrected chi connectivity index (χ3v) is 3.99. The Morgan fingerprint density at radius 2 is 1.79 bits per heavy atom. The molecular weight excluding hydrogens is 367 g/mol. The predicted octanol–water partition coefficient (Wildman–Crippen LogP) is 5.66. The Balaban J connectivity index is 2.21. The minimum Gasteiger partial charge on any atom is -0.320 e. The first-order chi connectivity index (χ1) is 11.5. The van der Waals surface area contributed by atoms with Gasteiger partial charge in [0.25, 0.3) is 5.91 Å². The number of allylic oxidation sites excluding steroid dienone is 2. The zero-order chi connectivity index (χ0) is 17.5. The third-order valence-electron chi connectivity index (χ3n) is 2.95. The molecule has 0 fully saturated rings. The first-order valence-electron chi connectivity index (χ1n) is 6.80. The molecule has 1 N–H and O–H groups in total. The summed E-state index contributed by atoms with van der Waals surface area (Å²) in [6.07, 6.45) is 2.95. The highest BCUT2D eigenvalue weighted by Gasteiger charge is 2.13. The van der Waals surface area contributed by atoms with Crippen LogP contribution in [0.3, 0.4) is 0 Å². The number of nitriles is 1. The number of hydrogen-bond acceptors (Lipinski definition) is 2. The molecule has 0 aliphatic carbocycles. The maximum Gasteiger partial charge on any atom is 0.266 e. The summed E-state index contributed by atoms with van der Waals surface area (Å²) in [5.41, 5.74) is 1.02. The standard InChI is InChI=1S/C18H11Cl3N2O/c19-14(9-12-5-2-1-3-6-12)10-13(11-22)18(24)23-16-8-4-7-15(20)17(16)21/h1-10H,(H,23,24)/b13-10+,14-9-. The molecule has 2 rings (SSSR count). The number of nitrogens with one attached hydrogen (secondary N) is 1. The van der Waals surface area contributed by atoms with Crippen LogP contribution < -0.4 is 5.32 Å². The molecule has 2 aromatic carbocycles. The van der Waals surface area contributed by atoms with Gasteiger partial charge < -0.3 is 5.32 Å². The van der Waals surface area contributed by atoms with Gasteiger partial charge in [-0.15, -0.1) is 0 Å². The number of amides is 1. The fourth-order valence-corrected chi connectivity index (χ4v) is 2.41. The van der Waals surface area contributed by atoms with E-state index in [2.05, 4.69) is 5.32 Å². The number of nitrogens with zero attached hydrogens (tertiary/aromatic N) is 1. The number of benzene rings is 2. The van der Waals surface area contributed by atoms with E-state index in [0.29, 0.717) is 10.7 Å². The highest BCUT2D eigenvalue weighted by molar-refractivity contribution is 6.44. The van der Waals surface area contributed by atoms with E-state index in [1.165, 1.54) is 6.08 Å². The average molecular weight is 378 g/mol. The van der Waals surface area contributed by atoms with E-state index >= 15 is 0 Å². The molecule has 0 aliphatic heterocycles. The molecule has 24 heavy (non-hydrogen) atoms. The van der Waals surface area contributed by atoms with Gasteiger partial charge in [-0.2, -0.15) is 5.26 Å². The fraction of sp³-hybridized carbons (Fsp3) is 0. The van der Waals surface area contributed by atoms with Crippen molar-refractivity contribution in [2.75, 3.05) is 5.32 Å². The van der Waals surface area contributed by atoms with E-state index in [4.69, 9.17) is 34.8 Å². The topological polar surface area (TPSA) is 52.9 Å². The van der Waals surface area contributed by atoms with Gasteiger partial charge in [0.05, 0.1) is 15.7 Å². The summed E-state index contributed by atoms with van der Waals surface area (Å²) < 4.78 is 0. The summed E-state index contributed by atoms with van der Waals surface area (Å²) in [5, 5.41) is 12.5. The summed E-state index contributed by atoms with van der Waals surface area (Å²) in [5.74, 6) is -0.624. The zero-order valence-corrected chi connectivity index (χ0v) is 14.5. The van der Waals surface area contributed by atoms with Gasteiger partial charge in [0.15, 0.2) is 0 Å². The first-order valence-corrected chi connectivity index (χ1v) is 7.94. The van der Waals surface area contributed by atoms with E-state index < -0.39 is 5.91 Å². The van der Waals surface area contributed by atoms with E-state index in [9.17, 15) is 10.1 Å². The van der Waals surface area contributed by atoms with Gasteiger partial charge in [0.1, 0.15) is 11.6 Å². The van der Waals surface area contributed by atoms with Crippen molar-refractivity contribution in [2.45, 2.75) is 0 Å². The first kappa shape index (κ1) is 18.1. The molecule has 0 saturated carbocycles. The summed E-state index contributed by atoms with van der Waals surface area (Å²) in [4.78, 5) is 12.2. The number of carbonyl (C=O) groups is 1. The molecule has 3 nitrogen and oxygen atoms in total. The Kier molecular flexibility index (Phi) is 6.45. The van der Waals surface area contributed by atoms with Crippen molar-refractivity contribution >= 4 is 52.5 Å². The summed E-state index contributed by atoms with van der Waals surface area (Å²) >= 11 is 18.0. The van der Waals surface area contributed by atoms with Gasteiger partial charge in [-0.3, -0.25) is 4.79 Å². The van der Waals surface area contributed by atoms with Gasteiger partial charge in [0, 0.05) is 5.03 Å². The van der Waals surface area contributed by atoms with E-state index in [0.717, 1.165) is 5.56 Å². The van der Waals surface area contributed by atoms with Crippen LogP contribution in [-0.4, -0.2) is 5.91 Å². The second-order valence-corrected chi connectivity index (χ2v) is 5.89. The summed E-state index contributed by atoms with van der Waals surface area (Å²) in [7, 11) is 0. The van der Waals surface area contributed by atoms with Crippen LogP contribution in [-0.2, 0) is 4.79 Å². The van der Waals surface area contributed by atoms with Crippen LogP contribution >= 0.6 is 34.8 Å². The molecule has 0 aromatic heterocycles. The van der Waals surface area contributed by atoms with Crippen molar-refractivity contribution in [2.24, 2.45) is 0 Å². The van der Waals surface area contributed by atoms with Gasteiger partial charge >= 0.3 is 0 Å². The minimum absolute atomic E-state index is 0.150. The van der Waals surface area contributed by atoms with Crippen molar-refractivity contribution in [3.63, 3.8) is 0 Å².